The number of anilines is 2. The summed E-state index contributed by atoms with van der Waals surface area (Å²) < 4.78 is 24.0. The van der Waals surface area contributed by atoms with Crippen LogP contribution in [0.15, 0.2) is 55.0 Å². The number of aromatic nitrogens is 4. The fourth-order valence-corrected chi connectivity index (χ4v) is 3.95. The number of rotatable bonds is 11. The molecule has 0 spiro atoms. The fraction of sp³-hybridized carbons (Fsp3) is 0.370. The molecule has 0 aliphatic carbocycles. The van der Waals surface area contributed by atoms with E-state index in [-0.39, 0.29) is 12.1 Å². The number of benzene rings is 2. The van der Waals surface area contributed by atoms with E-state index in [1.54, 1.807) is 34.6 Å². The van der Waals surface area contributed by atoms with Crippen LogP contribution in [-0.4, -0.2) is 67.4 Å². The SMILES string of the molecule is COCC(CN(c1cc(OC)cc(OC)c1)c1ccc2ncc(-c3cnn(C(C)C)c3)nc2c1)OC. The van der Waals surface area contributed by atoms with Crippen LogP contribution in [0.3, 0.4) is 0 Å². The number of methoxy groups -OCH3 is 4. The first-order valence-corrected chi connectivity index (χ1v) is 11.8. The minimum absolute atomic E-state index is 0.165. The summed E-state index contributed by atoms with van der Waals surface area (Å²) in [7, 11) is 6.63. The van der Waals surface area contributed by atoms with Gasteiger partial charge in [-0.2, -0.15) is 5.10 Å². The van der Waals surface area contributed by atoms with Gasteiger partial charge in [-0.3, -0.25) is 9.67 Å². The van der Waals surface area contributed by atoms with E-state index in [4.69, 9.17) is 23.9 Å². The summed E-state index contributed by atoms with van der Waals surface area (Å²) in [6.45, 7) is 5.17. The van der Waals surface area contributed by atoms with Gasteiger partial charge in [-0.05, 0) is 32.0 Å². The van der Waals surface area contributed by atoms with Gasteiger partial charge in [0.15, 0.2) is 0 Å². The minimum Gasteiger partial charge on any atom is -0.497 e. The van der Waals surface area contributed by atoms with Gasteiger partial charge >= 0.3 is 0 Å². The second kappa shape index (κ2) is 11.4. The Bertz CT molecular complexity index is 1280. The van der Waals surface area contributed by atoms with Crippen molar-refractivity contribution in [2.75, 3.05) is 46.5 Å². The van der Waals surface area contributed by atoms with Crippen LogP contribution in [0.25, 0.3) is 22.3 Å². The molecule has 0 radical (unpaired) electrons. The van der Waals surface area contributed by atoms with Crippen LogP contribution >= 0.6 is 0 Å². The first-order valence-electron chi connectivity index (χ1n) is 11.8. The van der Waals surface area contributed by atoms with Crippen molar-refractivity contribution in [2.45, 2.75) is 26.0 Å². The second-order valence-electron chi connectivity index (χ2n) is 8.73. The maximum absolute atomic E-state index is 5.70. The van der Waals surface area contributed by atoms with Crippen LogP contribution in [0, 0.1) is 0 Å². The number of hydrogen-bond donors (Lipinski definition) is 0. The molecule has 0 fully saturated rings. The van der Waals surface area contributed by atoms with E-state index in [0.29, 0.717) is 24.7 Å². The van der Waals surface area contributed by atoms with Crippen LogP contribution in [0.1, 0.15) is 19.9 Å². The molecule has 4 rings (SSSR count). The molecule has 4 aromatic rings. The van der Waals surface area contributed by atoms with Gasteiger partial charge in [-0.1, -0.05) is 0 Å². The Morgan fingerprint density at radius 2 is 1.64 bits per heavy atom. The molecule has 1 unspecified atom stereocenters. The van der Waals surface area contributed by atoms with Gasteiger partial charge in [0.2, 0.25) is 0 Å². The van der Waals surface area contributed by atoms with Gasteiger partial charge in [0.25, 0.3) is 0 Å². The van der Waals surface area contributed by atoms with Crippen molar-refractivity contribution in [1.29, 1.82) is 0 Å². The molecule has 0 saturated carbocycles. The van der Waals surface area contributed by atoms with E-state index in [1.165, 1.54) is 0 Å². The minimum atomic E-state index is -0.165. The molecule has 0 aliphatic rings. The largest absolute Gasteiger partial charge is 0.497 e. The van der Waals surface area contributed by atoms with E-state index >= 15 is 0 Å². The van der Waals surface area contributed by atoms with Gasteiger partial charge in [0.1, 0.15) is 11.5 Å². The van der Waals surface area contributed by atoms with E-state index in [1.807, 2.05) is 53.5 Å². The average molecular weight is 492 g/mol. The molecule has 0 amide bonds. The molecule has 190 valence electrons. The Kier molecular flexibility index (Phi) is 8.02. The lowest BCUT2D eigenvalue weighted by molar-refractivity contribution is 0.0341. The summed E-state index contributed by atoms with van der Waals surface area (Å²) in [4.78, 5) is 11.7. The van der Waals surface area contributed by atoms with E-state index < -0.39 is 0 Å². The van der Waals surface area contributed by atoms with Crippen molar-refractivity contribution in [2.24, 2.45) is 0 Å². The predicted molar refractivity (Wildman–Crippen MR) is 140 cm³/mol. The molecule has 0 bridgehead atoms. The highest BCUT2D eigenvalue weighted by Crippen LogP contribution is 2.34. The number of ether oxygens (including phenoxy) is 4. The van der Waals surface area contributed by atoms with E-state index in [2.05, 4.69) is 28.8 Å². The second-order valence-corrected chi connectivity index (χ2v) is 8.73. The van der Waals surface area contributed by atoms with Crippen molar-refractivity contribution in [3.8, 4) is 22.8 Å². The molecule has 0 N–H and O–H groups in total. The van der Waals surface area contributed by atoms with Gasteiger partial charge in [0, 0.05) is 61.6 Å². The van der Waals surface area contributed by atoms with Crippen LogP contribution in [0.2, 0.25) is 0 Å². The zero-order valence-corrected chi connectivity index (χ0v) is 21.6. The third-order valence-electron chi connectivity index (χ3n) is 5.98. The van der Waals surface area contributed by atoms with Gasteiger partial charge in [-0.25, -0.2) is 4.98 Å². The van der Waals surface area contributed by atoms with Gasteiger partial charge in [0.05, 0.1) is 62.6 Å². The first-order chi connectivity index (χ1) is 17.4. The van der Waals surface area contributed by atoms with Crippen molar-refractivity contribution >= 4 is 22.4 Å². The summed E-state index contributed by atoms with van der Waals surface area (Å²) in [6.07, 6.45) is 5.44. The summed E-state index contributed by atoms with van der Waals surface area (Å²) in [5.74, 6) is 1.39. The normalized spacial score (nSPS) is 12.2. The lowest BCUT2D eigenvalue weighted by Crippen LogP contribution is -2.33. The Balaban J connectivity index is 1.78. The molecular weight excluding hydrogens is 458 g/mol. The third kappa shape index (κ3) is 5.58. The van der Waals surface area contributed by atoms with Crippen molar-refractivity contribution < 1.29 is 18.9 Å². The Labute approximate surface area is 211 Å². The van der Waals surface area contributed by atoms with Crippen LogP contribution < -0.4 is 14.4 Å². The quantitative estimate of drug-likeness (QED) is 0.293. The molecule has 0 saturated heterocycles. The lowest BCUT2D eigenvalue weighted by Gasteiger charge is -2.29. The summed E-state index contributed by atoms with van der Waals surface area (Å²) >= 11 is 0. The summed E-state index contributed by atoms with van der Waals surface area (Å²) in [5, 5.41) is 4.44. The molecule has 9 heteroatoms. The van der Waals surface area contributed by atoms with Crippen LogP contribution in [-0.2, 0) is 9.47 Å². The Morgan fingerprint density at radius 3 is 2.25 bits per heavy atom. The molecule has 2 heterocycles. The molecular formula is C27H33N5O4. The topological polar surface area (TPSA) is 83.8 Å². The van der Waals surface area contributed by atoms with Crippen LogP contribution in [0.5, 0.6) is 11.5 Å². The maximum atomic E-state index is 5.70. The molecule has 36 heavy (non-hydrogen) atoms. The van der Waals surface area contributed by atoms with Gasteiger partial charge in [-0.15, -0.1) is 0 Å². The molecule has 2 aromatic carbocycles. The van der Waals surface area contributed by atoms with Gasteiger partial charge < -0.3 is 23.8 Å². The monoisotopic (exact) mass is 491 g/mol. The first kappa shape index (κ1) is 25.4. The Hall–Kier alpha value is -3.69. The van der Waals surface area contributed by atoms with Crippen molar-refractivity contribution in [1.82, 2.24) is 19.7 Å². The molecule has 1 atom stereocenters. The lowest BCUT2D eigenvalue weighted by atomic mass is 10.1. The highest BCUT2D eigenvalue weighted by atomic mass is 16.5. The summed E-state index contributed by atoms with van der Waals surface area (Å²) in [6, 6.07) is 12.1. The molecule has 0 aliphatic heterocycles. The third-order valence-corrected chi connectivity index (χ3v) is 5.98. The van der Waals surface area contributed by atoms with E-state index in [0.717, 1.165) is 33.7 Å². The van der Waals surface area contributed by atoms with Crippen molar-refractivity contribution in [3.05, 3.63) is 55.0 Å². The zero-order chi connectivity index (χ0) is 25.7. The van der Waals surface area contributed by atoms with Crippen molar-refractivity contribution in [3.63, 3.8) is 0 Å². The fourth-order valence-electron chi connectivity index (χ4n) is 3.95. The summed E-state index contributed by atoms with van der Waals surface area (Å²) in [5.41, 5.74) is 5.11. The highest BCUT2D eigenvalue weighted by Gasteiger charge is 2.19. The number of nitrogens with zero attached hydrogens (tertiary/aromatic N) is 5. The average Bonchev–Trinajstić information content (AvgIpc) is 3.41. The predicted octanol–water partition coefficient (Wildman–Crippen LogP) is 4.89. The van der Waals surface area contributed by atoms with Crippen LogP contribution in [0.4, 0.5) is 11.4 Å². The Morgan fingerprint density at radius 1 is 0.889 bits per heavy atom. The molecule has 9 nitrogen and oxygen atoms in total. The van der Waals surface area contributed by atoms with E-state index in [9.17, 15) is 0 Å². The smallest absolute Gasteiger partial charge is 0.124 e. The highest BCUT2D eigenvalue weighted by molar-refractivity contribution is 5.82. The molecule has 2 aromatic heterocycles. The number of hydrogen-bond acceptors (Lipinski definition) is 8. The standard InChI is InChI=1S/C27H33N5O4/c1-18(2)32-15-19(13-29-32)27-14-28-25-8-7-20(11-26(25)30-27)31(16-24(36-6)17-33-3)21-9-22(34-4)12-23(10-21)35-5/h7-15,18,24H,16-17H2,1-6H3. The number of fused-ring (bicyclic) bond motifs is 1. The zero-order valence-electron chi connectivity index (χ0n) is 21.6. The maximum Gasteiger partial charge on any atom is 0.124 e.